The molecule has 2 N–H and O–H groups in total. The Morgan fingerprint density at radius 3 is 2.83 bits per heavy atom. The number of hydrogen-bond acceptors (Lipinski definition) is 6. The van der Waals surface area contributed by atoms with Gasteiger partial charge in [-0.1, -0.05) is 6.92 Å². The third kappa shape index (κ3) is 5.06. The fourth-order valence-electron chi connectivity index (χ4n) is 3.18. The first-order valence-electron chi connectivity index (χ1n) is 8.57. The molecule has 0 radical (unpaired) electrons. The van der Waals surface area contributed by atoms with Gasteiger partial charge in [0.05, 0.1) is 51.5 Å². The van der Waals surface area contributed by atoms with Gasteiger partial charge < -0.3 is 29.5 Å². The van der Waals surface area contributed by atoms with Gasteiger partial charge in [-0.2, -0.15) is 0 Å². The number of urea groups is 1. The van der Waals surface area contributed by atoms with Crippen LogP contribution >= 0.6 is 0 Å². The molecule has 0 spiro atoms. The first-order valence-corrected chi connectivity index (χ1v) is 8.57. The lowest BCUT2D eigenvalue weighted by atomic mass is 9.95. The Morgan fingerprint density at radius 1 is 1.33 bits per heavy atom. The minimum absolute atomic E-state index is 0.159. The number of fused-ring (bicyclic) bond motifs is 1. The molecule has 0 saturated carbocycles. The Labute approximate surface area is 142 Å². The number of amides is 2. The summed E-state index contributed by atoms with van der Waals surface area (Å²) in [6.45, 7) is 3.23. The highest BCUT2D eigenvalue weighted by Gasteiger charge is 2.40. The number of nitrogens with one attached hydrogen (secondary N) is 1. The highest BCUT2D eigenvalue weighted by molar-refractivity contribution is 5.74. The lowest BCUT2D eigenvalue weighted by Crippen LogP contribution is -2.59. The topological polar surface area (TPSA) is 97.3 Å². The van der Waals surface area contributed by atoms with Crippen molar-refractivity contribution in [1.29, 1.82) is 0 Å². The summed E-state index contributed by atoms with van der Waals surface area (Å²) in [6, 6.07) is -0.367. The van der Waals surface area contributed by atoms with Crippen molar-refractivity contribution in [1.82, 2.24) is 10.2 Å². The van der Waals surface area contributed by atoms with Gasteiger partial charge in [0.25, 0.3) is 0 Å². The molecule has 2 fully saturated rings. The Balaban J connectivity index is 2.05. The molecular weight excluding hydrogens is 316 g/mol. The zero-order chi connectivity index (χ0) is 17.5. The van der Waals surface area contributed by atoms with Gasteiger partial charge in [-0.25, -0.2) is 4.79 Å². The van der Waals surface area contributed by atoms with E-state index >= 15 is 0 Å². The van der Waals surface area contributed by atoms with Crippen LogP contribution in [0.5, 0.6) is 0 Å². The largest absolute Gasteiger partial charge is 0.469 e. The van der Waals surface area contributed by atoms with E-state index in [0.29, 0.717) is 19.4 Å². The van der Waals surface area contributed by atoms with Crippen LogP contribution in [-0.2, 0) is 19.0 Å². The first-order chi connectivity index (χ1) is 11.5. The van der Waals surface area contributed by atoms with Crippen molar-refractivity contribution in [3.05, 3.63) is 0 Å². The number of hydrogen-bond donors (Lipinski definition) is 2. The van der Waals surface area contributed by atoms with Crippen molar-refractivity contribution >= 4 is 12.0 Å². The van der Waals surface area contributed by atoms with E-state index in [1.165, 1.54) is 7.11 Å². The van der Waals surface area contributed by atoms with Crippen LogP contribution in [0.3, 0.4) is 0 Å². The maximum Gasteiger partial charge on any atom is 0.317 e. The van der Waals surface area contributed by atoms with E-state index in [1.807, 2.05) is 6.92 Å². The number of nitrogens with zero attached hydrogens (tertiary/aromatic N) is 1. The summed E-state index contributed by atoms with van der Waals surface area (Å²) in [7, 11) is 1.36. The SMILES string of the molecule is CCCNC(=O)N1C[C@H](O)COC[C@@H]2O[C@@H](CC(=O)OC)CC[C@H]21. The molecule has 2 amide bonds. The van der Waals surface area contributed by atoms with Gasteiger partial charge in [0, 0.05) is 6.54 Å². The number of methoxy groups -OCH3 is 1. The van der Waals surface area contributed by atoms with Crippen LogP contribution in [0, 0.1) is 0 Å². The van der Waals surface area contributed by atoms with E-state index in [2.05, 4.69) is 5.32 Å². The number of esters is 1. The van der Waals surface area contributed by atoms with Crippen LogP contribution in [0.2, 0.25) is 0 Å². The van der Waals surface area contributed by atoms with Crippen molar-refractivity contribution in [2.24, 2.45) is 0 Å². The zero-order valence-electron chi connectivity index (χ0n) is 14.4. The monoisotopic (exact) mass is 344 g/mol. The van der Waals surface area contributed by atoms with Crippen LogP contribution in [-0.4, -0.2) is 79.8 Å². The van der Waals surface area contributed by atoms with Crippen molar-refractivity contribution in [2.75, 3.05) is 33.4 Å². The van der Waals surface area contributed by atoms with Gasteiger partial charge in [0.2, 0.25) is 0 Å². The number of aliphatic hydroxyl groups is 1. The number of rotatable bonds is 4. The summed E-state index contributed by atoms with van der Waals surface area (Å²) in [4.78, 5) is 25.6. The molecule has 8 nitrogen and oxygen atoms in total. The molecule has 138 valence electrons. The summed E-state index contributed by atoms with van der Waals surface area (Å²) < 4.78 is 16.2. The summed E-state index contributed by atoms with van der Waals surface area (Å²) in [6.07, 6.45) is 1.14. The third-order valence-corrected chi connectivity index (χ3v) is 4.39. The number of carbonyl (C=O) groups is 2. The molecule has 24 heavy (non-hydrogen) atoms. The van der Waals surface area contributed by atoms with Crippen LogP contribution in [0.4, 0.5) is 4.79 Å². The summed E-state index contributed by atoms with van der Waals surface area (Å²) in [5, 5.41) is 12.9. The molecule has 4 atom stereocenters. The fourth-order valence-corrected chi connectivity index (χ4v) is 3.18. The number of carbonyl (C=O) groups excluding carboxylic acids is 2. The number of β-amino-alcohol motifs (C(OH)–C–C–N with tert-alkyl or cyclic N) is 1. The Bertz CT molecular complexity index is 433. The Kier molecular flexibility index (Phi) is 7.26. The molecule has 0 aliphatic carbocycles. The highest BCUT2D eigenvalue weighted by atomic mass is 16.6. The van der Waals surface area contributed by atoms with E-state index in [0.717, 1.165) is 6.42 Å². The van der Waals surface area contributed by atoms with Crippen LogP contribution < -0.4 is 5.32 Å². The van der Waals surface area contributed by atoms with Crippen molar-refractivity contribution < 1.29 is 28.9 Å². The standard InChI is InChI=1S/C16H28N2O6/c1-3-6-17-16(21)18-8-11(19)9-23-10-14-13(18)5-4-12(24-14)7-15(20)22-2/h11-14,19H,3-10H2,1-2H3,(H,17,21)/t11-,12+,13+,14-/m0/s1. The second-order valence-electron chi connectivity index (χ2n) is 6.30. The maximum absolute atomic E-state index is 12.5. The van der Waals surface area contributed by atoms with E-state index < -0.39 is 6.10 Å². The van der Waals surface area contributed by atoms with E-state index in [1.54, 1.807) is 4.90 Å². The van der Waals surface area contributed by atoms with E-state index in [-0.39, 0.29) is 56.4 Å². The van der Waals surface area contributed by atoms with Crippen molar-refractivity contribution in [3.8, 4) is 0 Å². The minimum Gasteiger partial charge on any atom is -0.469 e. The third-order valence-electron chi connectivity index (χ3n) is 4.39. The molecule has 0 aromatic carbocycles. The normalized spacial score (nSPS) is 30.7. The second kappa shape index (κ2) is 9.19. The molecule has 0 unspecified atom stereocenters. The smallest absolute Gasteiger partial charge is 0.317 e. The number of aliphatic hydroxyl groups excluding tert-OH is 1. The molecule has 0 aromatic rings. The van der Waals surface area contributed by atoms with Gasteiger partial charge in [-0.3, -0.25) is 4.79 Å². The highest BCUT2D eigenvalue weighted by Crippen LogP contribution is 2.27. The van der Waals surface area contributed by atoms with Crippen LogP contribution in [0.25, 0.3) is 0 Å². The Morgan fingerprint density at radius 2 is 2.12 bits per heavy atom. The summed E-state index contributed by atoms with van der Waals surface area (Å²) >= 11 is 0. The molecule has 2 heterocycles. The van der Waals surface area contributed by atoms with Gasteiger partial charge >= 0.3 is 12.0 Å². The minimum atomic E-state index is -0.717. The van der Waals surface area contributed by atoms with Gasteiger partial charge in [0.1, 0.15) is 6.10 Å². The lowest BCUT2D eigenvalue weighted by Gasteiger charge is -2.44. The average Bonchev–Trinajstić information content (AvgIpc) is 2.56. The predicted octanol–water partition coefficient (Wildman–Crippen LogP) is 0.278. The molecule has 8 heteroatoms. The lowest BCUT2D eigenvalue weighted by molar-refractivity contribution is -0.159. The second-order valence-corrected chi connectivity index (χ2v) is 6.30. The quantitative estimate of drug-likeness (QED) is 0.711. The molecule has 2 rings (SSSR count). The number of ether oxygens (including phenoxy) is 3. The summed E-state index contributed by atoms with van der Waals surface area (Å²) in [5.74, 6) is -0.307. The van der Waals surface area contributed by atoms with E-state index in [4.69, 9.17) is 14.2 Å². The van der Waals surface area contributed by atoms with Crippen molar-refractivity contribution in [2.45, 2.75) is 57.0 Å². The predicted molar refractivity (Wildman–Crippen MR) is 85.5 cm³/mol. The molecular formula is C16H28N2O6. The first kappa shape index (κ1) is 19.0. The van der Waals surface area contributed by atoms with Gasteiger partial charge in [-0.15, -0.1) is 0 Å². The van der Waals surface area contributed by atoms with E-state index in [9.17, 15) is 14.7 Å². The summed E-state index contributed by atoms with van der Waals surface area (Å²) in [5.41, 5.74) is 0. The fraction of sp³-hybridized carbons (Fsp3) is 0.875. The van der Waals surface area contributed by atoms with Crippen LogP contribution in [0.15, 0.2) is 0 Å². The van der Waals surface area contributed by atoms with Crippen LogP contribution in [0.1, 0.15) is 32.6 Å². The molecule has 2 aliphatic rings. The Hall–Kier alpha value is -1.38. The van der Waals surface area contributed by atoms with Gasteiger partial charge in [0.15, 0.2) is 0 Å². The molecule has 2 saturated heterocycles. The molecule has 0 bridgehead atoms. The average molecular weight is 344 g/mol. The maximum atomic E-state index is 12.5. The zero-order valence-corrected chi connectivity index (χ0v) is 14.4. The molecule has 0 aromatic heterocycles. The van der Waals surface area contributed by atoms with Gasteiger partial charge in [-0.05, 0) is 19.3 Å². The van der Waals surface area contributed by atoms with Crippen molar-refractivity contribution in [3.63, 3.8) is 0 Å². The molecule has 2 aliphatic heterocycles.